The SMILES string of the molecule is O=C1C=CC=C2ONC(c3ccccc3[N+](=O)[O-])C12. The Morgan fingerprint density at radius 1 is 1.32 bits per heavy atom. The molecule has 1 heterocycles. The summed E-state index contributed by atoms with van der Waals surface area (Å²) in [5.41, 5.74) is 3.13. The summed E-state index contributed by atoms with van der Waals surface area (Å²) >= 11 is 0. The van der Waals surface area contributed by atoms with Gasteiger partial charge in [0.25, 0.3) is 5.69 Å². The lowest BCUT2D eigenvalue weighted by Gasteiger charge is -2.15. The molecule has 6 nitrogen and oxygen atoms in total. The number of para-hydroxylation sites is 1. The largest absolute Gasteiger partial charge is 0.412 e. The molecule has 1 aromatic carbocycles. The van der Waals surface area contributed by atoms with Crippen LogP contribution in [-0.2, 0) is 9.63 Å². The minimum absolute atomic E-state index is 0.0211. The van der Waals surface area contributed by atoms with E-state index in [1.165, 1.54) is 12.1 Å². The molecular formula is C13H10N2O4. The van der Waals surface area contributed by atoms with Gasteiger partial charge >= 0.3 is 0 Å². The fraction of sp³-hybridized carbons (Fsp3) is 0.154. The second-order valence-electron chi connectivity index (χ2n) is 4.32. The molecule has 2 atom stereocenters. The molecular weight excluding hydrogens is 248 g/mol. The lowest BCUT2D eigenvalue weighted by atomic mass is 9.86. The molecule has 1 fully saturated rings. The lowest BCUT2D eigenvalue weighted by molar-refractivity contribution is -0.385. The number of nitrogens with one attached hydrogen (secondary N) is 1. The predicted octanol–water partition coefficient (Wildman–Crippen LogP) is 1.81. The van der Waals surface area contributed by atoms with Crippen LogP contribution in [-0.4, -0.2) is 10.7 Å². The van der Waals surface area contributed by atoms with Crippen molar-refractivity contribution in [2.24, 2.45) is 5.92 Å². The third kappa shape index (κ3) is 1.82. The van der Waals surface area contributed by atoms with Gasteiger partial charge in [0, 0.05) is 6.07 Å². The van der Waals surface area contributed by atoms with Crippen LogP contribution >= 0.6 is 0 Å². The van der Waals surface area contributed by atoms with Gasteiger partial charge in [-0.05, 0) is 12.2 Å². The molecule has 1 saturated heterocycles. The van der Waals surface area contributed by atoms with Gasteiger partial charge in [0.15, 0.2) is 5.78 Å². The molecule has 0 saturated carbocycles. The number of rotatable bonds is 2. The third-order valence-corrected chi connectivity index (χ3v) is 3.24. The van der Waals surface area contributed by atoms with Crippen molar-refractivity contribution in [3.05, 3.63) is 63.9 Å². The quantitative estimate of drug-likeness (QED) is 0.646. The van der Waals surface area contributed by atoms with Gasteiger partial charge in [-0.2, -0.15) is 0 Å². The summed E-state index contributed by atoms with van der Waals surface area (Å²) in [5, 5.41) is 11.0. The molecule has 2 aliphatic rings. The van der Waals surface area contributed by atoms with E-state index in [4.69, 9.17) is 4.84 Å². The molecule has 2 unspecified atom stereocenters. The second kappa shape index (κ2) is 4.33. The van der Waals surface area contributed by atoms with Crippen molar-refractivity contribution < 1.29 is 14.6 Å². The summed E-state index contributed by atoms with van der Waals surface area (Å²) < 4.78 is 0. The summed E-state index contributed by atoms with van der Waals surface area (Å²) in [5.74, 6) is -0.160. The molecule has 0 spiro atoms. The molecule has 19 heavy (non-hydrogen) atoms. The first kappa shape index (κ1) is 11.6. The van der Waals surface area contributed by atoms with Crippen LogP contribution in [0.25, 0.3) is 0 Å². The van der Waals surface area contributed by atoms with E-state index >= 15 is 0 Å². The van der Waals surface area contributed by atoms with Crippen molar-refractivity contribution in [2.75, 3.05) is 0 Å². The lowest BCUT2D eigenvalue weighted by Crippen LogP contribution is -2.24. The maximum Gasteiger partial charge on any atom is 0.274 e. The number of benzene rings is 1. The normalized spacial score (nSPS) is 24.6. The van der Waals surface area contributed by atoms with Crippen molar-refractivity contribution in [1.82, 2.24) is 5.48 Å². The predicted molar refractivity (Wildman–Crippen MR) is 65.8 cm³/mol. The van der Waals surface area contributed by atoms with E-state index in [1.54, 1.807) is 30.4 Å². The van der Waals surface area contributed by atoms with Crippen molar-refractivity contribution in [3.8, 4) is 0 Å². The molecule has 6 heteroatoms. The number of hydrogen-bond acceptors (Lipinski definition) is 5. The van der Waals surface area contributed by atoms with Gasteiger partial charge in [0.1, 0.15) is 11.7 Å². The van der Waals surface area contributed by atoms with E-state index in [0.29, 0.717) is 11.3 Å². The van der Waals surface area contributed by atoms with Gasteiger partial charge in [-0.15, -0.1) is 5.48 Å². The number of ketones is 1. The highest BCUT2D eigenvalue weighted by molar-refractivity contribution is 5.96. The van der Waals surface area contributed by atoms with E-state index in [-0.39, 0.29) is 11.5 Å². The summed E-state index contributed by atoms with van der Waals surface area (Å²) in [6.45, 7) is 0. The number of fused-ring (bicyclic) bond motifs is 1. The van der Waals surface area contributed by atoms with Crippen molar-refractivity contribution in [2.45, 2.75) is 6.04 Å². The van der Waals surface area contributed by atoms with Crippen LogP contribution in [0.3, 0.4) is 0 Å². The average molecular weight is 258 g/mol. The molecule has 0 radical (unpaired) electrons. The first-order valence-corrected chi connectivity index (χ1v) is 5.76. The number of allylic oxidation sites excluding steroid dienone is 3. The Kier molecular flexibility index (Phi) is 2.64. The smallest absolute Gasteiger partial charge is 0.274 e. The summed E-state index contributed by atoms with van der Waals surface area (Å²) in [7, 11) is 0. The molecule has 3 rings (SSSR count). The van der Waals surface area contributed by atoms with E-state index in [9.17, 15) is 14.9 Å². The van der Waals surface area contributed by atoms with E-state index in [2.05, 4.69) is 5.48 Å². The number of carbonyl (C=O) groups excluding carboxylic acids is 1. The van der Waals surface area contributed by atoms with Gasteiger partial charge in [0.05, 0.1) is 16.5 Å². The van der Waals surface area contributed by atoms with Gasteiger partial charge < -0.3 is 4.84 Å². The number of hydroxylamine groups is 1. The van der Waals surface area contributed by atoms with Crippen LogP contribution in [0.2, 0.25) is 0 Å². The van der Waals surface area contributed by atoms with Crippen molar-refractivity contribution in [1.29, 1.82) is 0 Å². The molecule has 1 N–H and O–H groups in total. The third-order valence-electron chi connectivity index (χ3n) is 3.24. The number of nitro benzene ring substituents is 1. The Hall–Kier alpha value is -2.47. The van der Waals surface area contributed by atoms with Gasteiger partial charge in [-0.25, -0.2) is 0 Å². The second-order valence-corrected chi connectivity index (χ2v) is 4.32. The maximum atomic E-state index is 11.9. The monoisotopic (exact) mass is 258 g/mol. The topological polar surface area (TPSA) is 81.5 Å². The van der Waals surface area contributed by atoms with Crippen LogP contribution in [0.15, 0.2) is 48.3 Å². The van der Waals surface area contributed by atoms with Crippen LogP contribution in [0.4, 0.5) is 5.69 Å². The van der Waals surface area contributed by atoms with Crippen LogP contribution in [0.1, 0.15) is 11.6 Å². The fourth-order valence-electron chi connectivity index (χ4n) is 2.37. The highest BCUT2D eigenvalue weighted by atomic mass is 16.7. The number of nitrogens with zero attached hydrogens (tertiary/aromatic N) is 1. The van der Waals surface area contributed by atoms with Crippen LogP contribution < -0.4 is 5.48 Å². The molecule has 1 aromatic rings. The standard InChI is InChI=1S/C13H10N2O4/c16-10-6-3-7-11-12(10)13(14-19-11)8-4-1-2-5-9(8)15(17)18/h1-7,12-14H. The van der Waals surface area contributed by atoms with E-state index < -0.39 is 16.9 Å². The zero-order chi connectivity index (χ0) is 13.4. The molecule has 96 valence electrons. The molecule has 1 aliphatic carbocycles. The maximum absolute atomic E-state index is 11.9. The summed E-state index contributed by atoms with van der Waals surface area (Å²) in [4.78, 5) is 27.8. The number of hydrogen-bond donors (Lipinski definition) is 1. The van der Waals surface area contributed by atoms with Crippen LogP contribution in [0.5, 0.6) is 0 Å². The summed E-state index contributed by atoms with van der Waals surface area (Å²) in [6, 6.07) is 5.81. The Bertz CT molecular complexity index is 621. The number of nitro groups is 1. The Labute approximate surface area is 108 Å². The van der Waals surface area contributed by atoms with Crippen LogP contribution in [0, 0.1) is 16.0 Å². The molecule has 0 aromatic heterocycles. The average Bonchev–Trinajstić information content (AvgIpc) is 2.84. The molecule has 1 aliphatic heterocycles. The Morgan fingerprint density at radius 2 is 2.11 bits per heavy atom. The highest BCUT2D eigenvalue weighted by Gasteiger charge is 2.42. The Morgan fingerprint density at radius 3 is 2.89 bits per heavy atom. The zero-order valence-corrected chi connectivity index (χ0v) is 9.78. The van der Waals surface area contributed by atoms with Gasteiger partial charge in [0.2, 0.25) is 0 Å². The van der Waals surface area contributed by atoms with E-state index in [0.717, 1.165) is 0 Å². The minimum Gasteiger partial charge on any atom is -0.412 e. The van der Waals surface area contributed by atoms with Gasteiger partial charge in [-0.3, -0.25) is 14.9 Å². The van der Waals surface area contributed by atoms with E-state index in [1.807, 2.05) is 0 Å². The van der Waals surface area contributed by atoms with Crippen molar-refractivity contribution >= 4 is 11.5 Å². The zero-order valence-electron chi connectivity index (χ0n) is 9.78. The first-order valence-electron chi connectivity index (χ1n) is 5.76. The minimum atomic E-state index is -0.537. The first-order chi connectivity index (χ1) is 9.18. The Balaban J connectivity index is 2.04. The molecule has 0 amide bonds. The highest BCUT2D eigenvalue weighted by Crippen LogP contribution is 2.39. The van der Waals surface area contributed by atoms with Crippen molar-refractivity contribution in [3.63, 3.8) is 0 Å². The van der Waals surface area contributed by atoms with Gasteiger partial charge in [-0.1, -0.05) is 24.3 Å². The summed E-state index contributed by atoms with van der Waals surface area (Å²) in [6.07, 6.45) is 4.75. The fourth-order valence-corrected chi connectivity index (χ4v) is 2.37. The number of carbonyl (C=O) groups is 1. The molecule has 0 bridgehead atoms.